The SMILES string of the molecule is CC(NCC1CCCO1)C(O)c1ccc(F)cc1. The predicted octanol–water partition coefficient (Wildman–Crippen LogP) is 2.02. The fourth-order valence-electron chi connectivity index (χ4n) is 2.18. The van der Waals surface area contributed by atoms with Crippen LogP contribution in [0.15, 0.2) is 24.3 Å². The first-order valence-electron chi connectivity index (χ1n) is 6.45. The third-order valence-corrected chi connectivity index (χ3v) is 3.38. The number of aliphatic hydroxyl groups is 1. The van der Waals surface area contributed by atoms with E-state index in [0.29, 0.717) is 0 Å². The van der Waals surface area contributed by atoms with E-state index < -0.39 is 6.10 Å². The minimum Gasteiger partial charge on any atom is -0.387 e. The number of ether oxygens (including phenoxy) is 1. The first-order chi connectivity index (χ1) is 8.66. The van der Waals surface area contributed by atoms with Crippen molar-refractivity contribution in [3.8, 4) is 0 Å². The quantitative estimate of drug-likeness (QED) is 0.843. The maximum Gasteiger partial charge on any atom is 0.123 e. The predicted molar refractivity (Wildman–Crippen MR) is 67.8 cm³/mol. The second-order valence-electron chi connectivity index (χ2n) is 4.83. The summed E-state index contributed by atoms with van der Waals surface area (Å²) in [5.41, 5.74) is 0.726. The molecular weight excluding hydrogens is 233 g/mol. The van der Waals surface area contributed by atoms with Crippen molar-refractivity contribution in [2.24, 2.45) is 0 Å². The van der Waals surface area contributed by atoms with Crippen molar-refractivity contribution < 1.29 is 14.2 Å². The third-order valence-electron chi connectivity index (χ3n) is 3.38. The van der Waals surface area contributed by atoms with Crippen LogP contribution in [0.1, 0.15) is 31.4 Å². The lowest BCUT2D eigenvalue weighted by molar-refractivity contribution is 0.0910. The number of hydrogen-bond acceptors (Lipinski definition) is 3. The second-order valence-corrected chi connectivity index (χ2v) is 4.83. The number of halogens is 1. The summed E-state index contributed by atoms with van der Waals surface area (Å²) >= 11 is 0. The van der Waals surface area contributed by atoms with E-state index in [1.807, 2.05) is 6.92 Å². The van der Waals surface area contributed by atoms with Gasteiger partial charge in [-0.05, 0) is 37.5 Å². The van der Waals surface area contributed by atoms with Gasteiger partial charge in [0.05, 0.1) is 12.2 Å². The molecule has 2 rings (SSSR count). The zero-order valence-electron chi connectivity index (χ0n) is 10.6. The van der Waals surface area contributed by atoms with Gasteiger partial charge in [0.1, 0.15) is 5.82 Å². The minimum absolute atomic E-state index is 0.0836. The summed E-state index contributed by atoms with van der Waals surface area (Å²) in [5.74, 6) is -0.286. The lowest BCUT2D eigenvalue weighted by Crippen LogP contribution is -2.37. The number of nitrogens with one attached hydrogen (secondary N) is 1. The van der Waals surface area contributed by atoms with Gasteiger partial charge in [-0.25, -0.2) is 4.39 Å². The van der Waals surface area contributed by atoms with Gasteiger partial charge in [0, 0.05) is 19.2 Å². The van der Waals surface area contributed by atoms with Crippen molar-refractivity contribution in [3.63, 3.8) is 0 Å². The molecule has 3 atom stereocenters. The van der Waals surface area contributed by atoms with Crippen molar-refractivity contribution in [2.75, 3.05) is 13.2 Å². The molecule has 0 saturated carbocycles. The maximum atomic E-state index is 12.8. The van der Waals surface area contributed by atoms with Crippen LogP contribution >= 0.6 is 0 Å². The van der Waals surface area contributed by atoms with E-state index in [1.165, 1.54) is 12.1 Å². The van der Waals surface area contributed by atoms with E-state index in [1.54, 1.807) is 12.1 Å². The Bertz CT molecular complexity index is 363. The Morgan fingerprint density at radius 3 is 2.78 bits per heavy atom. The van der Waals surface area contributed by atoms with E-state index in [0.717, 1.165) is 31.6 Å². The summed E-state index contributed by atoms with van der Waals surface area (Å²) < 4.78 is 18.3. The number of hydrogen-bond donors (Lipinski definition) is 2. The molecule has 0 spiro atoms. The summed E-state index contributed by atoms with van der Waals surface area (Å²) in [4.78, 5) is 0. The molecule has 0 amide bonds. The summed E-state index contributed by atoms with van der Waals surface area (Å²) in [6.45, 7) is 3.50. The Morgan fingerprint density at radius 2 is 2.17 bits per heavy atom. The maximum absolute atomic E-state index is 12.8. The molecule has 0 radical (unpaired) electrons. The molecule has 0 aromatic heterocycles. The zero-order valence-corrected chi connectivity index (χ0v) is 10.6. The molecule has 0 bridgehead atoms. The molecule has 1 aliphatic heterocycles. The molecule has 1 fully saturated rings. The molecule has 1 saturated heterocycles. The van der Waals surface area contributed by atoms with Crippen LogP contribution in [0.25, 0.3) is 0 Å². The lowest BCUT2D eigenvalue weighted by atomic mass is 10.0. The highest BCUT2D eigenvalue weighted by Gasteiger charge is 2.20. The van der Waals surface area contributed by atoms with Crippen LogP contribution in [0, 0.1) is 5.82 Å². The lowest BCUT2D eigenvalue weighted by Gasteiger charge is -2.22. The van der Waals surface area contributed by atoms with E-state index in [2.05, 4.69) is 5.32 Å². The summed E-state index contributed by atoms with van der Waals surface area (Å²) in [6, 6.07) is 5.88. The molecule has 1 aromatic rings. The van der Waals surface area contributed by atoms with Crippen molar-refractivity contribution >= 4 is 0 Å². The highest BCUT2D eigenvalue weighted by molar-refractivity contribution is 5.19. The molecule has 3 unspecified atom stereocenters. The standard InChI is InChI=1S/C14H20FNO2/c1-10(16-9-13-3-2-8-18-13)14(17)11-4-6-12(15)7-5-11/h4-7,10,13-14,16-17H,2-3,8-9H2,1H3. The Balaban J connectivity index is 1.83. The topological polar surface area (TPSA) is 41.5 Å². The smallest absolute Gasteiger partial charge is 0.123 e. The molecule has 100 valence electrons. The van der Waals surface area contributed by atoms with Crippen LogP contribution in [-0.4, -0.2) is 30.4 Å². The van der Waals surface area contributed by atoms with Crippen LogP contribution < -0.4 is 5.32 Å². The number of aliphatic hydroxyl groups excluding tert-OH is 1. The molecule has 1 aromatic carbocycles. The minimum atomic E-state index is -0.632. The Labute approximate surface area is 107 Å². The molecule has 4 heteroatoms. The third kappa shape index (κ3) is 3.51. The molecule has 18 heavy (non-hydrogen) atoms. The fourth-order valence-corrected chi connectivity index (χ4v) is 2.18. The van der Waals surface area contributed by atoms with Crippen LogP contribution in [-0.2, 0) is 4.74 Å². The first-order valence-corrected chi connectivity index (χ1v) is 6.45. The van der Waals surface area contributed by atoms with Gasteiger partial charge in [0.2, 0.25) is 0 Å². The summed E-state index contributed by atoms with van der Waals surface area (Å²) in [5, 5.41) is 13.4. The van der Waals surface area contributed by atoms with E-state index in [-0.39, 0.29) is 18.0 Å². The van der Waals surface area contributed by atoms with Gasteiger partial charge in [-0.1, -0.05) is 12.1 Å². The summed E-state index contributed by atoms with van der Waals surface area (Å²) in [6.07, 6.45) is 1.81. The monoisotopic (exact) mass is 253 g/mol. The van der Waals surface area contributed by atoms with Crippen molar-refractivity contribution in [3.05, 3.63) is 35.6 Å². The van der Waals surface area contributed by atoms with E-state index in [4.69, 9.17) is 4.74 Å². The largest absolute Gasteiger partial charge is 0.387 e. The summed E-state index contributed by atoms with van der Waals surface area (Å²) in [7, 11) is 0. The van der Waals surface area contributed by atoms with Crippen LogP contribution in [0.3, 0.4) is 0 Å². The van der Waals surface area contributed by atoms with Gasteiger partial charge in [0.25, 0.3) is 0 Å². The van der Waals surface area contributed by atoms with E-state index >= 15 is 0 Å². The molecular formula is C14H20FNO2. The molecule has 0 aliphatic carbocycles. The van der Waals surface area contributed by atoms with Gasteiger partial charge < -0.3 is 15.2 Å². The Kier molecular flexibility index (Phi) is 4.69. The van der Waals surface area contributed by atoms with E-state index in [9.17, 15) is 9.50 Å². The van der Waals surface area contributed by atoms with Crippen molar-refractivity contribution in [1.29, 1.82) is 0 Å². The molecule has 1 heterocycles. The van der Waals surface area contributed by atoms with Crippen LogP contribution in [0.5, 0.6) is 0 Å². The van der Waals surface area contributed by atoms with Crippen LogP contribution in [0.2, 0.25) is 0 Å². The van der Waals surface area contributed by atoms with Gasteiger partial charge >= 0.3 is 0 Å². The average molecular weight is 253 g/mol. The molecule has 2 N–H and O–H groups in total. The molecule has 3 nitrogen and oxygen atoms in total. The van der Waals surface area contributed by atoms with Gasteiger partial charge in [-0.2, -0.15) is 0 Å². The highest BCUT2D eigenvalue weighted by atomic mass is 19.1. The second kappa shape index (κ2) is 6.27. The zero-order chi connectivity index (χ0) is 13.0. The van der Waals surface area contributed by atoms with Crippen LogP contribution in [0.4, 0.5) is 4.39 Å². The van der Waals surface area contributed by atoms with Crippen molar-refractivity contribution in [2.45, 2.75) is 38.0 Å². The first kappa shape index (κ1) is 13.5. The average Bonchev–Trinajstić information content (AvgIpc) is 2.89. The normalized spacial score (nSPS) is 22.9. The van der Waals surface area contributed by atoms with Crippen molar-refractivity contribution in [1.82, 2.24) is 5.32 Å². The van der Waals surface area contributed by atoms with Gasteiger partial charge in [-0.15, -0.1) is 0 Å². The Hall–Kier alpha value is -0.970. The van der Waals surface area contributed by atoms with Gasteiger partial charge in [0.15, 0.2) is 0 Å². The Morgan fingerprint density at radius 1 is 1.44 bits per heavy atom. The number of benzene rings is 1. The highest BCUT2D eigenvalue weighted by Crippen LogP contribution is 2.18. The fraction of sp³-hybridized carbons (Fsp3) is 0.571. The van der Waals surface area contributed by atoms with Gasteiger partial charge in [-0.3, -0.25) is 0 Å². The number of rotatable bonds is 5. The molecule has 1 aliphatic rings.